The number of pyridine rings is 1. The number of nitrogens with zero attached hydrogens (tertiary/aromatic N) is 1. The van der Waals surface area contributed by atoms with Gasteiger partial charge < -0.3 is 10.1 Å². The van der Waals surface area contributed by atoms with E-state index in [0.717, 1.165) is 11.6 Å². The third-order valence-corrected chi connectivity index (χ3v) is 2.69. The molecule has 0 saturated heterocycles. The van der Waals surface area contributed by atoms with Crippen LogP contribution in [0.25, 0.3) is 0 Å². The van der Waals surface area contributed by atoms with Crippen molar-refractivity contribution in [1.82, 2.24) is 4.98 Å². The molecule has 1 aromatic heterocycles. The van der Waals surface area contributed by atoms with Crippen molar-refractivity contribution >= 4 is 5.69 Å². The van der Waals surface area contributed by atoms with Gasteiger partial charge in [-0.25, -0.2) is 4.98 Å². The molecule has 1 heterocycles. The summed E-state index contributed by atoms with van der Waals surface area (Å²) < 4.78 is 5.06. The van der Waals surface area contributed by atoms with E-state index in [-0.39, 0.29) is 0 Å². The van der Waals surface area contributed by atoms with Crippen LogP contribution in [0.2, 0.25) is 0 Å². The zero-order valence-electron chi connectivity index (χ0n) is 8.66. The Kier molecular flexibility index (Phi) is 2.57. The number of ether oxygens (including phenoxy) is 1. The summed E-state index contributed by atoms with van der Waals surface area (Å²) in [5.41, 5.74) is 1.11. The first kappa shape index (κ1) is 9.31. The molecule has 0 aliphatic heterocycles. The molecule has 0 radical (unpaired) electrons. The van der Waals surface area contributed by atoms with Crippen LogP contribution in [-0.4, -0.2) is 18.1 Å². The van der Waals surface area contributed by atoms with Gasteiger partial charge in [-0.1, -0.05) is 6.92 Å². The highest BCUT2D eigenvalue weighted by atomic mass is 16.5. The van der Waals surface area contributed by atoms with Gasteiger partial charge in [0, 0.05) is 24.0 Å². The molecule has 1 aliphatic rings. The van der Waals surface area contributed by atoms with Gasteiger partial charge in [-0.3, -0.25) is 0 Å². The van der Waals surface area contributed by atoms with Crippen molar-refractivity contribution in [2.45, 2.75) is 25.8 Å². The van der Waals surface area contributed by atoms with Gasteiger partial charge in [0.2, 0.25) is 5.88 Å². The molecule has 3 nitrogen and oxygen atoms in total. The molecule has 14 heavy (non-hydrogen) atoms. The number of hydrogen-bond acceptors (Lipinski definition) is 3. The number of aromatic nitrogens is 1. The SMILES string of the molecule is COc1cc(NC2CC(C)C2)ccn1. The summed E-state index contributed by atoms with van der Waals surface area (Å²) in [5.74, 6) is 1.54. The highest BCUT2D eigenvalue weighted by molar-refractivity contribution is 5.46. The average molecular weight is 192 g/mol. The van der Waals surface area contributed by atoms with Gasteiger partial charge in [-0.15, -0.1) is 0 Å². The minimum atomic E-state index is 0.636. The number of anilines is 1. The fourth-order valence-electron chi connectivity index (χ4n) is 1.87. The van der Waals surface area contributed by atoms with Gasteiger partial charge in [0.25, 0.3) is 0 Å². The van der Waals surface area contributed by atoms with Crippen LogP contribution in [0.5, 0.6) is 5.88 Å². The lowest BCUT2D eigenvalue weighted by atomic mass is 9.82. The molecule has 0 atom stereocenters. The largest absolute Gasteiger partial charge is 0.481 e. The van der Waals surface area contributed by atoms with Gasteiger partial charge >= 0.3 is 0 Å². The maximum absolute atomic E-state index is 5.06. The van der Waals surface area contributed by atoms with Crippen molar-refractivity contribution in [2.24, 2.45) is 5.92 Å². The predicted octanol–water partition coefficient (Wildman–Crippen LogP) is 2.30. The third kappa shape index (κ3) is 1.97. The first-order chi connectivity index (χ1) is 6.78. The zero-order chi connectivity index (χ0) is 9.97. The van der Waals surface area contributed by atoms with Crippen LogP contribution in [0, 0.1) is 5.92 Å². The molecule has 0 spiro atoms. The Morgan fingerprint density at radius 2 is 2.29 bits per heavy atom. The lowest BCUT2D eigenvalue weighted by molar-refractivity contribution is 0.309. The summed E-state index contributed by atoms with van der Waals surface area (Å²) >= 11 is 0. The molecule has 3 heteroatoms. The van der Waals surface area contributed by atoms with Gasteiger partial charge in [0.15, 0.2) is 0 Å². The van der Waals surface area contributed by atoms with Crippen molar-refractivity contribution in [1.29, 1.82) is 0 Å². The first-order valence-corrected chi connectivity index (χ1v) is 5.04. The number of nitrogens with one attached hydrogen (secondary N) is 1. The van der Waals surface area contributed by atoms with E-state index >= 15 is 0 Å². The fraction of sp³-hybridized carbons (Fsp3) is 0.545. The summed E-state index contributed by atoms with van der Waals surface area (Å²) in [6.07, 6.45) is 4.30. The molecule has 1 aromatic rings. The Morgan fingerprint density at radius 1 is 1.50 bits per heavy atom. The third-order valence-electron chi connectivity index (χ3n) is 2.69. The predicted molar refractivity (Wildman–Crippen MR) is 56.6 cm³/mol. The second-order valence-corrected chi connectivity index (χ2v) is 4.00. The lowest BCUT2D eigenvalue weighted by Crippen LogP contribution is -2.33. The van der Waals surface area contributed by atoms with E-state index in [1.807, 2.05) is 12.1 Å². The Labute approximate surface area is 84.5 Å². The summed E-state index contributed by atoms with van der Waals surface area (Å²) in [5, 5.41) is 3.46. The summed E-state index contributed by atoms with van der Waals surface area (Å²) in [6, 6.07) is 4.55. The standard InChI is InChI=1S/C11H16N2O/c1-8-5-10(6-8)13-9-3-4-12-11(7-9)14-2/h3-4,7-8,10H,5-6H2,1-2H3,(H,12,13). The van der Waals surface area contributed by atoms with E-state index in [0.29, 0.717) is 11.9 Å². The number of hydrogen-bond donors (Lipinski definition) is 1. The smallest absolute Gasteiger partial charge is 0.214 e. The molecule has 1 fully saturated rings. The first-order valence-electron chi connectivity index (χ1n) is 5.04. The van der Waals surface area contributed by atoms with Gasteiger partial charge in [-0.2, -0.15) is 0 Å². The molecule has 1 saturated carbocycles. The summed E-state index contributed by atoms with van der Waals surface area (Å²) in [6.45, 7) is 2.28. The Balaban J connectivity index is 1.95. The van der Waals surface area contributed by atoms with Crippen molar-refractivity contribution < 1.29 is 4.74 Å². The van der Waals surface area contributed by atoms with Crippen molar-refractivity contribution in [2.75, 3.05) is 12.4 Å². The molecule has 0 aromatic carbocycles. The minimum Gasteiger partial charge on any atom is -0.481 e. The van der Waals surface area contributed by atoms with Gasteiger partial charge in [0.1, 0.15) is 0 Å². The Bertz CT molecular complexity index is 308. The van der Waals surface area contributed by atoms with E-state index in [9.17, 15) is 0 Å². The van der Waals surface area contributed by atoms with Crippen LogP contribution < -0.4 is 10.1 Å². The Morgan fingerprint density at radius 3 is 2.93 bits per heavy atom. The van der Waals surface area contributed by atoms with E-state index in [4.69, 9.17) is 4.74 Å². The van der Waals surface area contributed by atoms with Gasteiger partial charge in [-0.05, 0) is 24.8 Å². The number of methoxy groups -OCH3 is 1. The normalized spacial score (nSPS) is 25.3. The van der Waals surface area contributed by atoms with Crippen molar-refractivity contribution in [3.8, 4) is 5.88 Å². The van der Waals surface area contributed by atoms with E-state index in [1.54, 1.807) is 13.3 Å². The second kappa shape index (κ2) is 3.86. The molecule has 1 aliphatic carbocycles. The molecule has 1 N–H and O–H groups in total. The fourth-order valence-corrected chi connectivity index (χ4v) is 1.87. The van der Waals surface area contributed by atoms with E-state index in [1.165, 1.54) is 12.8 Å². The lowest BCUT2D eigenvalue weighted by Gasteiger charge is -2.34. The van der Waals surface area contributed by atoms with Crippen LogP contribution in [0.3, 0.4) is 0 Å². The molecule has 0 amide bonds. The second-order valence-electron chi connectivity index (χ2n) is 4.00. The molecular formula is C11H16N2O. The molecule has 0 bridgehead atoms. The van der Waals surface area contributed by atoms with E-state index in [2.05, 4.69) is 17.2 Å². The van der Waals surface area contributed by atoms with Gasteiger partial charge in [0.05, 0.1) is 7.11 Å². The molecule has 76 valence electrons. The highest BCUT2D eigenvalue weighted by Gasteiger charge is 2.24. The topological polar surface area (TPSA) is 34.1 Å². The minimum absolute atomic E-state index is 0.636. The number of rotatable bonds is 3. The van der Waals surface area contributed by atoms with Crippen molar-refractivity contribution in [3.63, 3.8) is 0 Å². The zero-order valence-corrected chi connectivity index (χ0v) is 8.66. The maximum Gasteiger partial charge on any atom is 0.214 e. The Hall–Kier alpha value is -1.25. The van der Waals surface area contributed by atoms with Crippen molar-refractivity contribution in [3.05, 3.63) is 18.3 Å². The van der Waals surface area contributed by atoms with Crippen LogP contribution in [0.4, 0.5) is 5.69 Å². The van der Waals surface area contributed by atoms with Crippen LogP contribution in [0.1, 0.15) is 19.8 Å². The summed E-state index contributed by atoms with van der Waals surface area (Å²) in [7, 11) is 1.64. The molecular weight excluding hydrogens is 176 g/mol. The van der Waals surface area contributed by atoms with E-state index < -0.39 is 0 Å². The summed E-state index contributed by atoms with van der Waals surface area (Å²) in [4.78, 5) is 4.06. The monoisotopic (exact) mass is 192 g/mol. The highest BCUT2D eigenvalue weighted by Crippen LogP contribution is 2.29. The van der Waals surface area contributed by atoms with Crippen LogP contribution in [-0.2, 0) is 0 Å². The molecule has 2 rings (SSSR count). The molecule has 0 unspecified atom stereocenters. The average Bonchev–Trinajstić information content (AvgIpc) is 2.16. The van der Waals surface area contributed by atoms with Crippen LogP contribution >= 0.6 is 0 Å². The van der Waals surface area contributed by atoms with Crippen LogP contribution in [0.15, 0.2) is 18.3 Å². The maximum atomic E-state index is 5.06. The quantitative estimate of drug-likeness (QED) is 0.798.